The Labute approximate surface area is 171 Å². The summed E-state index contributed by atoms with van der Waals surface area (Å²) in [6, 6.07) is 6.05. The molecule has 1 aromatic rings. The zero-order valence-corrected chi connectivity index (χ0v) is 17.5. The average molecular weight is 473 g/mol. The highest BCUT2D eigenvalue weighted by atomic mass is 127. The summed E-state index contributed by atoms with van der Waals surface area (Å²) >= 11 is 0. The van der Waals surface area contributed by atoms with Gasteiger partial charge in [0, 0.05) is 30.2 Å². The molecule has 144 valence electrons. The molecule has 0 saturated heterocycles. The summed E-state index contributed by atoms with van der Waals surface area (Å²) in [4.78, 5) is 4.75. The molecule has 2 aliphatic carbocycles. The van der Waals surface area contributed by atoms with E-state index >= 15 is 0 Å². The average Bonchev–Trinajstić information content (AvgIpc) is 2.77. The van der Waals surface area contributed by atoms with E-state index in [9.17, 15) is 0 Å². The van der Waals surface area contributed by atoms with Gasteiger partial charge in [-0.1, -0.05) is 6.42 Å². The Morgan fingerprint density at radius 3 is 2.73 bits per heavy atom. The number of hydrogen-bond donors (Lipinski definition) is 2. The van der Waals surface area contributed by atoms with Gasteiger partial charge >= 0.3 is 0 Å². The van der Waals surface area contributed by atoms with Crippen LogP contribution in [0.3, 0.4) is 0 Å². The zero-order chi connectivity index (χ0) is 17.3. The lowest BCUT2D eigenvalue weighted by Gasteiger charge is -2.59. The first kappa shape index (κ1) is 19.5. The highest BCUT2D eigenvalue weighted by Crippen LogP contribution is 2.58. The molecule has 1 heterocycles. The summed E-state index contributed by atoms with van der Waals surface area (Å²) < 4.78 is 17.3. The van der Waals surface area contributed by atoms with E-state index in [1.54, 1.807) is 0 Å². The fraction of sp³-hybridized carbons (Fsp3) is 0.632. The van der Waals surface area contributed by atoms with Crippen molar-refractivity contribution in [1.82, 2.24) is 0 Å². The minimum Gasteiger partial charge on any atom is -0.490 e. The number of benzene rings is 1. The van der Waals surface area contributed by atoms with Gasteiger partial charge in [-0.15, -0.1) is 24.0 Å². The maximum atomic E-state index is 6.17. The molecule has 3 aliphatic rings. The van der Waals surface area contributed by atoms with Gasteiger partial charge < -0.3 is 25.3 Å². The van der Waals surface area contributed by atoms with Crippen molar-refractivity contribution in [3.8, 4) is 11.5 Å². The smallest absolute Gasteiger partial charge is 0.193 e. The van der Waals surface area contributed by atoms with Crippen molar-refractivity contribution in [2.24, 2.45) is 16.1 Å². The molecule has 3 N–H and O–H groups in total. The number of anilines is 1. The monoisotopic (exact) mass is 473 g/mol. The highest BCUT2D eigenvalue weighted by Gasteiger charge is 2.59. The van der Waals surface area contributed by atoms with E-state index in [0.717, 1.165) is 36.6 Å². The SMILES string of the molecule is CCOC1CC(N=C(N)Nc2ccc3c(c2)OCCCO3)C12CCC2.I. The summed E-state index contributed by atoms with van der Waals surface area (Å²) in [5.41, 5.74) is 7.27. The highest BCUT2D eigenvalue weighted by molar-refractivity contribution is 14.0. The number of rotatable bonds is 4. The molecule has 0 aromatic heterocycles. The molecule has 4 rings (SSSR count). The number of fused-ring (bicyclic) bond motifs is 1. The predicted molar refractivity (Wildman–Crippen MR) is 113 cm³/mol. The Balaban J connectivity index is 0.00000196. The lowest BCUT2D eigenvalue weighted by atomic mass is 9.51. The van der Waals surface area contributed by atoms with Crippen LogP contribution < -0.4 is 20.5 Å². The summed E-state index contributed by atoms with van der Waals surface area (Å²) in [6.45, 7) is 4.19. The number of halogens is 1. The van der Waals surface area contributed by atoms with Gasteiger partial charge in [-0.2, -0.15) is 0 Å². The fourth-order valence-corrected chi connectivity index (χ4v) is 4.17. The lowest BCUT2D eigenvalue weighted by molar-refractivity contribution is -0.162. The van der Waals surface area contributed by atoms with Crippen molar-refractivity contribution in [1.29, 1.82) is 0 Å². The molecule has 2 unspecified atom stereocenters. The van der Waals surface area contributed by atoms with E-state index in [2.05, 4.69) is 12.2 Å². The van der Waals surface area contributed by atoms with Crippen LogP contribution in [0.5, 0.6) is 11.5 Å². The summed E-state index contributed by atoms with van der Waals surface area (Å²) in [6.07, 6.45) is 5.88. The number of aliphatic imine (C=N–C) groups is 1. The molecular formula is C19H28IN3O3. The molecular weight excluding hydrogens is 445 g/mol. The van der Waals surface area contributed by atoms with Gasteiger partial charge in [0.15, 0.2) is 17.5 Å². The molecule has 2 fully saturated rings. The topological polar surface area (TPSA) is 78.1 Å². The maximum Gasteiger partial charge on any atom is 0.193 e. The fourth-order valence-electron chi connectivity index (χ4n) is 4.17. The van der Waals surface area contributed by atoms with Gasteiger partial charge in [0.25, 0.3) is 0 Å². The third-order valence-corrected chi connectivity index (χ3v) is 5.71. The molecule has 0 radical (unpaired) electrons. The van der Waals surface area contributed by atoms with Crippen molar-refractivity contribution >= 4 is 35.6 Å². The van der Waals surface area contributed by atoms with Gasteiger partial charge in [-0.25, -0.2) is 4.99 Å². The molecule has 0 bridgehead atoms. The molecule has 2 saturated carbocycles. The number of nitrogens with zero attached hydrogens (tertiary/aromatic N) is 1. The minimum atomic E-state index is 0. The van der Waals surface area contributed by atoms with Crippen molar-refractivity contribution in [3.63, 3.8) is 0 Å². The number of guanidine groups is 1. The Morgan fingerprint density at radius 2 is 2.04 bits per heavy atom. The zero-order valence-electron chi connectivity index (χ0n) is 15.2. The molecule has 2 atom stereocenters. The molecule has 1 spiro atoms. The van der Waals surface area contributed by atoms with Crippen LogP contribution in [0.2, 0.25) is 0 Å². The van der Waals surface area contributed by atoms with Crippen molar-refractivity contribution < 1.29 is 14.2 Å². The first-order chi connectivity index (χ1) is 12.2. The Kier molecular flexibility index (Phi) is 6.17. The van der Waals surface area contributed by atoms with Crippen molar-refractivity contribution in [2.75, 3.05) is 25.1 Å². The van der Waals surface area contributed by atoms with Gasteiger partial charge in [0.05, 0.1) is 25.4 Å². The standard InChI is InChI=1S/C19H27N3O3.HI/c1-2-23-17-12-16(19(17)7-3-8-19)22-18(20)21-13-5-6-14-15(11-13)25-10-4-9-24-14;/h5-6,11,16-17H,2-4,7-10,12H2,1H3,(H3,20,21,22);1H. The number of nitrogens with one attached hydrogen (secondary N) is 1. The first-order valence-corrected chi connectivity index (χ1v) is 9.33. The summed E-state index contributed by atoms with van der Waals surface area (Å²) in [7, 11) is 0. The number of nitrogens with two attached hydrogens (primary N) is 1. The Hall–Kier alpha value is -1.22. The van der Waals surface area contributed by atoms with Crippen LogP contribution in [0.25, 0.3) is 0 Å². The molecule has 0 amide bonds. The van der Waals surface area contributed by atoms with Crippen molar-refractivity contribution in [3.05, 3.63) is 18.2 Å². The third-order valence-electron chi connectivity index (χ3n) is 5.71. The van der Waals surface area contributed by atoms with E-state index in [-0.39, 0.29) is 35.4 Å². The number of hydrogen-bond acceptors (Lipinski definition) is 4. The number of ether oxygens (including phenoxy) is 3. The lowest BCUT2D eigenvalue weighted by Crippen LogP contribution is -2.61. The van der Waals surface area contributed by atoms with E-state index in [1.165, 1.54) is 19.3 Å². The molecule has 6 nitrogen and oxygen atoms in total. The summed E-state index contributed by atoms with van der Waals surface area (Å²) in [5.74, 6) is 2.00. The van der Waals surface area contributed by atoms with Gasteiger partial charge in [-0.3, -0.25) is 0 Å². The predicted octanol–water partition coefficient (Wildman–Crippen LogP) is 3.54. The quantitative estimate of drug-likeness (QED) is 0.398. The molecule has 1 aromatic carbocycles. The van der Waals surface area contributed by atoms with E-state index in [4.69, 9.17) is 24.9 Å². The normalized spacial score (nSPS) is 26.1. The van der Waals surface area contributed by atoms with Crippen LogP contribution in [-0.2, 0) is 4.74 Å². The van der Waals surface area contributed by atoms with Crippen LogP contribution in [0.15, 0.2) is 23.2 Å². The van der Waals surface area contributed by atoms with Crippen LogP contribution in [0, 0.1) is 5.41 Å². The summed E-state index contributed by atoms with van der Waals surface area (Å²) in [5, 5.41) is 3.20. The van der Waals surface area contributed by atoms with E-state index < -0.39 is 0 Å². The Morgan fingerprint density at radius 1 is 1.27 bits per heavy atom. The molecule has 26 heavy (non-hydrogen) atoms. The van der Waals surface area contributed by atoms with Crippen LogP contribution >= 0.6 is 24.0 Å². The Bertz CT molecular complexity index is 663. The van der Waals surface area contributed by atoms with Crippen LogP contribution in [0.1, 0.15) is 39.0 Å². The minimum absolute atomic E-state index is 0. The third kappa shape index (κ3) is 3.60. The first-order valence-electron chi connectivity index (χ1n) is 9.33. The largest absolute Gasteiger partial charge is 0.490 e. The van der Waals surface area contributed by atoms with Gasteiger partial charge in [0.1, 0.15) is 0 Å². The molecule has 7 heteroatoms. The van der Waals surface area contributed by atoms with E-state index in [0.29, 0.717) is 25.3 Å². The second kappa shape index (κ2) is 8.21. The van der Waals surface area contributed by atoms with E-state index in [1.807, 2.05) is 18.2 Å². The molecule has 1 aliphatic heterocycles. The van der Waals surface area contributed by atoms with Crippen LogP contribution in [-0.4, -0.2) is 37.9 Å². The van der Waals surface area contributed by atoms with Gasteiger partial charge in [0.2, 0.25) is 0 Å². The van der Waals surface area contributed by atoms with Gasteiger partial charge in [-0.05, 0) is 38.3 Å². The van der Waals surface area contributed by atoms with Crippen LogP contribution in [0.4, 0.5) is 5.69 Å². The second-order valence-corrected chi connectivity index (χ2v) is 7.13. The second-order valence-electron chi connectivity index (χ2n) is 7.13. The van der Waals surface area contributed by atoms with Crippen molar-refractivity contribution in [2.45, 2.75) is 51.2 Å². The maximum absolute atomic E-state index is 6.17.